The Kier molecular flexibility index (Phi) is 7.69. The number of carbonyl (C=O) groups is 3. The molecular weight excluding hydrogens is 412 g/mol. The highest BCUT2D eigenvalue weighted by Gasteiger charge is 2.38. The number of carbonyl (C=O) groups excluding carboxylic acids is 3. The largest absolute Gasteiger partial charge is 0.484 e. The first-order valence-electron chi connectivity index (χ1n) is 10.8. The van der Waals surface area contributed by atoms with Gasteiger partial charge in [0.15, 0.2) is 6.61 Å². The fraction of sp³-hybridized carbons (Fsp3) is 0.458. The van der Waals surface area contributed by atoms with Gasteiger partial charge in [-0.05, 0) is 57.4 Å². The summed E-state index contributed by atoms with van der Waals surface area (Å²) in [4.78, 5) is 38.9. The lowest BCUT2D eigenvalue weighted by atomic mass is 10.0. The summed E-state index contributed by atoms with van der Waals surface area (Å²) in [5, 5.41) is 2.76. The second-order valence-corrected chi connectivity index (χ2v) is 8.14. The fourth-order valence-electron chi connectivity index (χ4n) is 3.78. The maximum absolute atomic E-state index is 13.2. The molecule has 32 heavy (non-hydrogen) atoms. The summed E-state index contributed by atoms with van der Waals surface area (Å²) >= 11 is 0. The average molecular weight is 443 g/mol. The lowest BCUT2D eigenvalue weighted by Gasteiger charge is -2.21. The van der Waals surface area contributed by atoms with Gasteiger partial charge in [-0.3, -0.25) is 9.59 Å². The topological polar surface area (TPSA) is 94.2 Å². The Bertz CT molecular complexity index is 926. The van der Waals surface area contributed by atoms with Gasteiger partial charge in [0.2, 0.25) is 0 Å². The van der Waals surface area contributed by atoms with Crippen molar-refractivity contribution in [2.45, 2.75) is 45.8 Å². The molecule has 8 heteroatoms. The van der Waals surface area contributed by atoms with E-state index in [9.17, 15) is 14.4 Å². The summed E-state index contributed by atoms with van der Waals surface area (Å²) in [7, 11) is 1.30. The molecule has 0 aromatic heterocycles. The Morgan fingerprint density at radius 2 is 2.00 bits per heavy atom. The van der Waals surface area contributed by atoms with Crippen LogP contribution in [0.4, 0.5) is 0 Å². The van der Waals surface area contributed by atoms with E-state index < -0.39 is 5.97 Å². The van der Waals surface area contributed by atoms with E-state index in [0.29, 0.717) is 24.6 Å². The predicted octanol–water partition coefficient (Wildman–Crippen LogP) is 2.44. The molecule has 172 valence electrons. The summed E-state index contributed by atoms with van der Waals surface area (Å²) < 4.78 is 16.1. The van der Waals surface area contributed by atoms with Crippen molar-refractivity contribution in [1.82, 2.24) is 10.2 Å². The third-order valence-corrected chi connectivity index (χ3v) is 5.32. The number of esters is 1. The fourth-order valence-corrected chi connectivity index (χ4v) is 3.78. The van der Waals surface area contributed by atoms with Crippen LogP contribution in [0, 0.1) is 0 Å². The zero-order chi connectivity index (χ0) is 23.3. The van der Waals surface area contributed by atoms with Crippen LogP contribution in [0.2, 0.25) is 0 Å². The molecule has 0 aliphatic carbocycles. The van der Waals surface area contributed by atoms with Crippen LogP contribution in [0.5, 0.6) is 5.75 Å². The average Bonchev–Trinajstić information content (AvgIpc) is 3.35. The Morgan fingerprint density at radius 1 is 1.28 bits per heavy atom. The number of nitrogens with zero attached hydrogens (tertiary/aromatic N) is 1. The predicted molar refractivity (Wildman–Crippen MR) is 119 cm³/mol. The molecule has 1 saturated heterocycles. The van der Waals surface area contributed by atoms with Gasteiger partial charge in [-0.25, -0.2) is 4.79 Å². The molecule has 0 unspecified atom stereocenters. The molecule has 0 radical (unpaired) electrons. The summed E-state index contributed by atoms with van der Waals surface area (Å²) in [5.41, 5.74) is 1.85. The first-order chi connectivity index (χ1) is 15.3. The smallest absolute Gasteiger partial charge is 0.340 e. The van der Waals surface area contributed by atoms with E-state index in [2.05, 4.69) is 5.32 Å². The number of hydrogen-bond donors (Lipinski definition) is 1. The third-order valence-electron chi connectivity index (χ3n) is 5.32. The van der Waals surface area contributed by atoms with Crippen LogP contribution in [0.3, 0.4) is 0 Å². The van der Waals surface area contributed by atoms with Crippen LogP contribution < -0.4 is 10.1 Å². The lowest BCUT2D eigenvalue weighted by molar-refractivity contribution is -0.136. The van der Waals surface area contributed by atoms with Gasteiger partial charge in [0.1, 0.15) is 5.75 Å². The molecule has 8 nitrogen and oxygen atoms in total. The van der Waals surface area contributed by atoms with Gasteiger partial charge in [0.05, 0.1) is 30.9 Å². The van der Waals surface area contributed by atoms with Crippen LogP contribution in [-0.2, 0) is 23.9 Å². The number of benzene rings is 1. The third kappa shape index (κ3) is 5.56. The number of methoxy groups -OCH3 is 1. The van der Waals surface area contributed by atoms with Gasteiger partial charge in [0, 0.05) is 18.3 Å². The van der Waals surface area contributed by atoms with Crippen molar-refractivity contribution in [3.8, 4) is 5.75 Å². The number of amides is 2. The number of allylic oxidation sites excluding steroid dienone is 1. The molecule has 2 heterocycles. The number of nitrogens with one attached hydrogen (secondary N) is 1. The highest BCUT2D eigenvalue weighted by Crippen LogP contribution is 2.33. The minimum atomic E-state index is -0.548. The highest BCUT2D eigenvalue weighted by molar-refractivity contribution is 6.16. The standard InChI is InChI=1S/C24H30N2O6/c1-15(2)25-21(27)14-32-18-9-7-17(8-10-18)12-20-22(24(29)30-4)16(3)26(23(20)28)13-19-6-5-11-31-19/h7-10,12,15,19H,5-6,11,13-14H2,1-4H3,(H,25,27)/b20-12+/t19-/m1/s1. The zero-order valence-electron chi connectivity index (χ0n) is 19.0. The molecule has 1 N–H and O–H groups in total. The first kappa shape index (κ1) is 23.5. The van der Waals surface area contributed by atoms with Gasteiger partial charge in [-0.2, -0.15) is 0 Å². The van der Waals surface area contributed by atoms with Crippen molar-refractivity contribution in [1.29, 1.82) is 0 Å². The monoisotopic (exact) mass is 442 g/mol. The summed E-state index contributed by atoms with van der Waals surface area (Å²) in [5.74, 6) is -0.460. The van der Waals surface area contributed by atoms with Crippen molar-refractivity contribution >= 4 is 23.9 Å². The summed E-state index contributed by atoms with van der Waals surface area (Å²) in [6.07, 6.45) is 3.50. The molecule has 3 rings (SSSR count). The SMILES string of the molecule is COC(=O)C1=C(C)N(C[C@H]2CCCO2)C(=O)/C1=C/c1ccc(OCC(=O)NC(C)C)cc1. The molecule has 0 saturated carbocycles. The van der Waals surface area contributed by atoms with Crippen LogP contribution in [0.15, 0.2) is 41.1 Å². The maximum Gasteiger partial charge on any atom is 0.340 e. The zero-order valence-corrected chi connectivity index (χ0v) is 19.0. The van der Waals surface area contributed by atoms with Crippen LogP contribution in [0.25, 0.3) is 6.08 Å². The molecule has 1 aromatic rings. The van der Waals surface area contributed by atoms with E-state index >= 15 is 0 Å². The van der Waals surface area contributed by atoms with Crippen molar-refractivity contribution in [2.24, 2.45) is 0 Å². The van der Waals surface area contributed by atoms with E-state index in [-0.39, 0.29) is 41.7 Å². The van der Waals surface area contributed by atoms with E-state index in [1.165, 1.54) is 7.11 Å². The second-order valence-electron chi connectivity index (χ2n) is 8.14. The second kappa shape index (κ2) is 10.5. The number of ether oxygens (including phenoxy) is 3. The van der Waals surface area contributed by atoms with Gasteiger partial charge < -0.3 is 24.4 Å². The van der Waals surface area contributed by atoms with E-state index in [4.69, 9.17) is 14.2 Å². The molecule has 0 bridgehead atoms. The lowest BCUT2D eigenvalue weighted by Crippen LogP contribution is -2.34. The molecule has 2 aliphatic heterocycles. The Hall–Kier alpha value is -3.13. The van der Waals surface area contributed by atoms with Crippen molar-refractivity contribution in [3.05, 3.63) is 46.7 Å². The minimum Gasteiger partial charge on any atom is -0.484 e. The highest BCUT2D eigenvalue weighted by atomic mass is 16.5. The molecule has 2 amide bonds. The molecule has 2 aliphatic rings. The molecule has 1 aromatic carbocycles. The van der Waals surface area contributed by atoms with E-state index in [1.54, 1.807) is 42.2 Å². The number of hydrogen-bond acceptors (Lipinski definition) is 6. The molecule has 0 spiro atoms. The van der Waals surface area contributed by atoms with Gasteiger partial charge in [0.25, 0.3) is 11.8 Å². The normalized spacial score (nSPS) is 19.8. The van der Waals surface area contributed by atoms with Crippen LogP contribution >= 0.6 is 0 Å². The van der Waals surface area contributed by atoms with Crippen molar-refractivity contribution < 1.29 is 28.6 Å². The van der Waals surface area contributed by atoms with Gasteiger partial charge in [-0.15, -0.1) is 0 Å². The molecule has 1 fully saturated rings. The minimum absolute atomic E-state index is 0.0310. The van der Waals surface area contributed by atoms with E-state index in [0.717, 1.165) is 18.4 Å². The van der Waals surface area contributed by atoms with Gasteiger partial charge in [-0.1, -0.05) is 12.1 Å². The van der Waals surface area contributed by atoms with Crippen molar-refractivity contribution in [3.63, 3.8) is 0 Å². The summed E-state index contributed by atoms with van der Waals surface area (Å²) in [6, 6.07) is 7.01. The summed E-state index contributed by atoms with van der Waals surface area (Å²) in [6.45, 7) is 6.53. The molecule has 1 atom stereocenters. The van der Waals surface area contributed by atoms with E-state index in [1.807, 2.05) is 13.8 Å². The molecular formula is C24H30N2O6. The quantitative estimate of drug-likeness (QED) is 0.491. The Balaban J connectivity index is 1.77. The van der Waals surface area contributed by atoms with Gasteiger partial charge >= 0.3 is 5.97 Å². The van der Waals surface area contributed by atoms with Crippen LogP contribution in [-0.4, -0.2) is 61.7 Å². The van der Waals surface area contributed by atoms with Crippen LogP contribution in [0.1, 0.15) is 39.2 Å². The van der Waals surface area contributed by atoms with Crippen molar-refractivity contribution in [2.75, 3.05) is 26.9 Å². The Labute approximate surface area is 188 Å². The first-order valence-corrected chi connectivity index (χ1v) is 10.8. The Morgan fingerprint density at radius 3 is 2.59 bits per heavy atom. The maximum atomic E-state index is 13.2. The number of rotatable bonds is 8.